The van der Waals surface area contributed by atoms with Crippen LogP contribution in [0.1, 0.15) is 58.9 Å². The second-order valence-corrected chi connectivity index (χ2v) is 8.72. The lowest BCUT2D eigenvalue weighted by Crippen LogP contribution is -2.32. The second-order valence-electron chi connectivity index (χ2n) is 8.72. The number of fused-ring (bicyclic) bond motifs is 1. The Labute approximate surface area is 192 Å². The summed E-state index contributed by atoms with van der Waals surface area (Å²) in [5.74, 6) is 2.61. The number of carbonyl (C=O) groups is 1. The number of aromatic nitrogens is 4. The van der Waals surface area contributed by atoms with Crippen molar-refractivity contribution in [3.63, 3.8) is 0 Å². The molecular formula is C25H28N6O2. The maximum atomic E-state index is 13.1. The quantitative estimate of drug-likeness (QED) is 0.377. The van der Waals surface area contributed by atoms with Gasteiger partial charge < -0.3 is 20.1 Å². The molecule has 8 heteroatoms. The molecule has 1 fully saturated rings. The lowest BCUT2D eigenvalue weighted by Gasteiger charge is -2.20. The molecule has 4 aromatic rings. The first kappa shape index (κ1) is 21.2. The zero-order chi connectivity index (χ0) is 22.9. The Morgan fingerprint density at radius 3 is 2.79 bits per heavy atom. The number of nitrogens with zero attached hydrogens (tertiary/aromatic N) is 3. The van der Waals surface area contributed by atoms with Crippen LogP contribution in [0.2, 0.25) is 0 Å². The highest BCUT2D eigenvalue weighted by atomic mass is 16.5. The van der Waals surface area contributed by atoms with Crippen LogP contribution < -0.4 is 10.6 Å². The number of hydrogen-bond donors (Lipinski definition) is 3. The standard InChI is InChI=1S/C25H28N6O2/c1-14-19(15(2)33-31-14)11-24(32)28-21(10-17-13-27-20-7-5-4-6-18(17)20)22-12-23(26-3)30-25(29-22)16-8-9-16/h4-7,12-13,16,21,27H,8-11H2,1-3H3,(H,28,32)(H,26,29,30)/t21-/m0/s1. The molecule has 0 bridgehead atoms. The molecule has 1 atom stereocenters. The first-order valence-corrected chi connectivity index (χ1v) is 11.3. The van der Waals surface area contributed by atoms with E-state index in [1.807, 2.05) is 45.3 Å². The molecule has 0 saturated heterocycles. The number of anilines is 1. The van der Waals surface area contributed by atoms with Crippen LogP contribution in [0.3, 0.4) is 0 Å². The molecule has 0 radical (unpaired) electrons. The van der Waals surface area contributed by atoms with Gasteiger partial charge in [0.05, 0.1) is 23.9 Å². The molecule has 0 unspecified atom stereocenters. The van der Waals surface area contributed by atoms with E-state index in [1.165, 1.54) is 0 Å². The lowest BCUT2D eigenvalue weighted by atomic mass is 10.0. The summed E-state index contributed by atoms with van der Waals surface area (Å²) in [7, 11) is 1.85. The van der Waals surface area contributed by atoms with Crippen molar-refractivity contribution in [1.82, 2.24) is 25.4 Å². The first-order chi connectivity index (χ1) is 16.0. The third-order valence-electron chi connectivity index (χ3n) is 6.27. The van der Waals surface area contributed by atoms with Gasteiger partial charge in [0.15, 0.2) is 0 Å². The average Bonchev–Trinajstić information content (AvgIpc) is 3.54. The molecule has 1 aromatic carbocycles. The van der Waals surface area contributed by atoms with Crippen LogP contribution in [-0.2, 0) is 17.6 Å². The van der Waals surface area contributed by atoms with Crippen molar-refractivity contribution < 1.29 is 9.32 Å². The molecule has 1 amide bonds. The summed E-state index contributed by atoms with van der Waals surface area (Å²) in [4.78, 5) is 26.0. The van der Waals surface area contributed by atoms with Crippen molar-refractivity contribution >= 4 is 22.6 Å². The fourth-order valence-electron chi connectivity index (χ4n) is 4.23. The molecule has 1 aliphatic rings. The van der Waals surface area contributed by atoms with E-state index in [2.05, 4.69) is 37.9 Å². The van der Waals surface area contributed by atoms with Crippen LogP contribution in [0.5, 0.6) is 0 Å². The number of carbonyl (C=O) groups excluding carboxylic acids is 1. The number of aromatic amines is 1. The van der Waals surface area contributed by atoms with Crippen LogP contribution >= 0.6 is 0 Å². The van der Waals surface area contributed by atoms with E-state index in [-0.39, 0.29) is 18.4 Å². The van der Waals surface area contributed by atoms with Crippen LogP contribution in [0, 0.1) is 13.8 Å². The van der Waals surface area contributed by atoms with Crippen molar-refractivity contribution in [2.45, 2.75) is 51.5 Å². The van der Waals surface area contributed by atoms with Gasteiger partial charge in [-0.25, -0.2) is 9.97 Å². The minimum absolute atomic E-state index is 0.0909. The van der Waals surface area contributed by atoms with E-state index in [9.17, 15) is 4.79 Å². The number of amides is 1. The van der Waals surface area contributed by atoms with Crippen LogP contribution in [0.15, 0.2) is 41.1 Å². The predicted octanol–water partition coefficient (Wildman–Crippen LogP) is 4.12. The van der Waals surface area contributed by atoms with Crippen molar-refractivity contribution in [3.05, 3.63) is 70.6 Å². The Bertz CT molecular complexity index is 1280. The Kier molecular flexibility index (Phi) is 5.58. The fraction of sp³-hybridized carbons (Fsp3) is 0.360. The number of hydrogen-bond acceptors (Lipinski definition) is 6. The van der Waals surface area contributed by atoms with Crippen LogP contribution in [0.25, 0.3) is 10.9 Å². The van der Waals surface area contributed by atoms with Gasteiger partial charge in [0.2, 0.25) is 5.91 Å². The number of H-pyrrole nitrogens is 1. The van der Waals surface area contributed by atoms with E-state index >= 15 is 0 Å². The SMILES string of the molecule is CNc1cc([C@H](Cc2c[nH]c3ccccc23)NC(=O)Cc2c(C)noc2C)nc(C2CC2)n1. The summed E-state index contributed by atoms with van der Waals surface area (Å²) in [6.45, 7) is 3.69. The predicted molar refractivity (Wildman–Crippen MR) is 126 cm³/mol. The maximum absolute atomic E-state index is 13.1. The number of para-hydroxylation sites is 1. The highest BCUT2D eigenvalue weighted by molar-refractivity contribution is 5.83. The Morgan fingerprint density at radius 2 is 2.06 bits per heavy atom. The van der Waals surface area contributed by atoms with Gasteiger partial charge in [0.25, 0.3) is 0 Å². The van der Waals surface area contributed by atoms with Gasteiger partial charge in [-0.15, -0.1) is 0 Å². The van der Waals surface area contributed by atoms with Gasteiger partial charge >= 0.3 is 0 Å². The van der Waals surface area contributed by atoms with Gasteiger partial charge in [0.1, 0.15) is 17.4 Å². The van der Waals surface area contributed by atoms with Gasteiger partial charge in [-0.1, -0.05) is 23.4 Å². The summed E-state index contributed by atoms with van der Waals surface area (Å²) in [6, 6.07) is 9.82. The molecule has 1 aliphatic carbocycles. The molecule has 8 nitrogen and oxygen atoms in total. The van der Waals surface area contributed by atoms with E-state index in [1.54, 1.807) is 0 Å². The highest BCUT2D eigenvalue weighted by Gasteiger charge is 2.29. The van der Waals surface area contributed by atoms with E-state index in [0.717, 1.165) is 57.9 Å². The molecule has 0 spiro atoms. The van der Waals surface area contributed by atoms with E-state index in [0.29, 0.717) is 18.1 Å². The summed E-state index contributed by atoms with van der Waals surface area (Å²) in [5.41, 5.74) is 4.59. The molecule has 3 aromatic heterocycles. The third-order valence-corrected chi connectivity index (χ3v) is 6.27. The van der Waals surface area contributed by atoms with Gasteiger partial charge in [-0.3, -0.25) is 4.79 Å². The largest absolute Gasteiger partial charge is 0.373 e. The van der Waals surface area contributed by atoms with Crippen molar-refractivity contribution in [3.8, 4) is 0 Å². The minimum atomic E-state index is -0.301. The summed E-state index contributed by atoms with van der Waals surface area (Å²) < 4.78 is 5.24. The second kappa shape index (κ2) is 8.69. The van der Waals surface area contributed by atoms with E-state index in [4.69, 9.17) is 9.51 Å². The fourth-order valence-corrected chi connectivity index (χ4v) is 4.23. The van der Waals surface area contributed by atoms with Crippen LogP contribution in [-0.4, -0.2) is 33.1 Å². The maximum Gasteiger partial charge on any atom is 0.225 e. The van der Waals surface area contributed by atoms with E-state index < -0.39 is 0 Å². The Balaban J connectivity index is 1.48. The highest BCUT2D eigenvalue weighted by Crippen LogP contribution is 2.39. The first-order valence-electron chi connectivity index (χ1n) is 11.3. The zero-order valence-electron chi connectivity index (χ0n) is 19.1. The molecule has 3 N–H and O–H groups in total. The summed E-state index contributed by atoms with van der Waals surface area (Å²) >= 11 is 0. The normalized spacial score (nSPS) is 14.4. The molecule has 5 rings (SSSR count). The molecule has 0 aliphatic heterocycles. The molecular weight excluding hydrogens is 416 g/mol. The minimum Gasteiger partial charge on any atom is -0.373 e. The van der Waals surface area contributed by atoms with Crippen molar-refractivity contribution in [2.75, 3.05) is 12.4 Å². The van der Waals surface area contributed by atoms with Crippen molar-refractivity contribution in [2.24, 2.45) is 0 Å². The lowest BCUT2D eigenvalue weighted by molar-refractivity contribution is -0.121. The number of aryl methyl sites for hydroxylation is 2. The molecule has 3 heterocycles. The number of nitrogens with one attached hydrogen (secondary N) is 3. The number of rotatable bonds is 8. The molecule has 170 valence electrons. The summed E-state index contributed by atoms with van der Waals surface area (Å²) in [5, 5.41) is 11.5. The monoisotopic (exact) mass is 444 g/mol. The zero-order valence-corrected chi connectivity index (χ0v) is 19.1. The topological polar surface area (TPSA) is 109 Å². The van der Waals surface area contributed by atoms with Gasteiger partial charge in [-0.05, 0) is 38.3 Å². The third kappa shape index (κ3) is 4.46. The smallest absolute Gasteiger partial charge is 0.225 e. The van der Waals surface area contributed by atoms with Crippen LogP contribution in [0.4, 0.5) is 5.82 Å². The number of benzene rings is 1. The Morgan fingerprint density at radius 1 is 1.24 bits per heavy atom. The van der Waals surface area contributed by atoms with Gasteiger partial charge in [-0.2, -0.15) is 0 Å². The molecule has 1 saturated carbocycles. The molecule has 33 heavy (non-hydrogen) atoms. The summed E-state index contributed by atoms with van der Waals surface area (Å²) in [6.07, 6.45) is 5.06. The van der Waals surface area contributed by atoms with Gasteiger partial charge in [0, 0.05) is 48.1 Å². The van der Waals surface area contributed by atoms with Crippen molar-refractivity contribution in [1.29, 1.82) is 0 Å². The average molecular weight is 445 g/mol. The Hall–Kier alpha value is -3.68.